The molecule has 0 amide bonds. The summed E-state index contributed by atoms with van der Waals surface area (Å²) in [5, 5.41) is 0.135. The van der Waals surface area contributed by atoms with Crippen LogP contribution in [0.25, 0.3) is 0 Å². The summed E-state index contributed by atoms with van der Waals surface area (Å²) in [7, 11) is -0.541. The van der Waals surface area contributed by atoms with Crippen molar-refractivity contribution >= 4 is 26.0 Å². The van der Waals surface area contributed by atoms with Crippen molar-refractivity contribution in [2.24, 2.45) is 5.92 Å². The topological polar surface area (TPSA) is 44.8 Å². The Balaban J connectivity index is 5.70. The molecule has 0 spiro atoms. The third kappa shape index (κ3) is 8.43. The highest BCUT2D eigenvalue weighted by Crippen LogP contribution is 2.40. The van der Waals surface area contributed by atoms with Gasteiger partial charge in [0.15, 0.2) is 8.32 Å². The second-order valence-corrected chi connectivity index (χ2v) is 14.5. The summed E-state index contributed by atoms with van der Waals surface area (Å²) >= 11 is 1.65. The standard InChI is InChI=1S/C22H42O4SSi/c1-12-16(2)20(26-28(10,11)22(5,6)7)18(4)19(25-15-27-9)14-13-17(3)21(23)24-8/h12-13,18-20H,14-15H2,1-11H3/b16-12+,17-13+/t18-,19+,20-/m0/s1. The Kier molecular flexibility index (Phi) is 12.0. The van der Waals surface area contributed by atoms with Gasteiger partial charge in [0, 0.05) is 11.5 Å². The van der Waals surface area contributed by atoms with Gasteiger partial charge in [0.05, 0.1) is 25.3 Å². The zero-order valence-electron chi connectivity index (χ0n) is 19.8. The Labute approximate surface area is 178 Å². The molecule has 0 bridgehead atoms. The summed E-state index contributed by atoms with van der Waals surface area (Å²) in [6, 6.07) is 0. The first-order valence-corrected chi connectivity index (χ1v) is 14.3. The molecular formula is C22H42O4SSi. The molecule has 0 aliphatic heterocycles. The van der Waals surface area contributed by atoms with E-state index in [1.807, 2.05) is 12.3 Å². The molecule has 0 aromatic heterocycles. The van der Waals surface area contributed by atoms with Gasteiger partial charge in [-0.05, 0) is 57.2 Å². The van der Waals surface area contributed by atoms with Gasteiger partial charge in [0.1, 0.15) is 0 Å². The number of rotatable bonds is 11. The lowest BCUT2D eigenvalue weighted by atomic mass is 9.90. The van der Waals surface area contributed by atoms with Crippen LogP contribution in [0.3, 0.4) is 0 Å². The number of ether oxygens (including phenoxy) is 2. The molecule has 0 aliphatic rings. The monoisotopic (exact) mass is 430 g/mol. The number of thioether (sulfide) groups is 1. The van der Waals surface area contributed by atoms with Crippen molar-refractivity contribution in [3.8, 4) is 0 Å². The van der Waals surface area contributed by atoms with Crippen molar-refractivity contribution in [2.75, 3.05) is 19.3 Å². The van der Waals surface area contributed by atoms with E-state index in [1.54, 1.807) is 18.7 Å². The highest BCUT2D eigenvalue weighted by molar-refractivity contribution is 7.98. The van der Waals surface area contributed by atoms with Crippen LogP contribution in [0.4, 0.5) is 0 Å². The summed E-state index contributed by atoms with van der Waals surface area (Å²) in [5.74, 6) is 0.469. The SMILES string of the molecule is C/C=C(\C)[C@H](O[Si](C)(C)C(C)(C)C)[C@@H](C)[C@@H](C/C=C(\C)C(=O)OC)OCSC. The van der Waals surface area contributed by atoms with E-state index in [4.69, 9.17) is 13.9 Å². The van der Waals surface area contributed by atoms with Gasteiger partial charge in [-0.1, -0.05) is 39.8 Å². The minimum atomic E-state index is -1.95. The first-order chi connectivity index (χ1) is 12.8. The molecule has 0 fully saturated rings. The maximum Gasteiger partial charge on any atom is 0.333 e. The average Bonchev–Trinajstić information content (AvgIpc) is 2.63. The van der Waals surface area contributed by atoms with E-state index in [0.717, 1.165) is 0 Å². The highest BCUT2D eigenvalue weighted by atomic mass is 32.2. The van der Waals surface area contributed by atoms with Crippen molar-refractivity contribution < 1.29 is 18.7 Å². The maximum atomic E-state index is 11.7. The van der Waals surface area contributed by atoms with Crippen LogP contribution in [0.1, 0.15) is 54.9 Å². The number of methoxy groups -OCH3 is 1. The van der Waals surface area contributed by atoms with Gasteiger partial charge in [-0.2, -0.15) is 0 Å². The molecule has 3 atom stereocenters. The Morgan fingerprint density at radius 1 is 1.21 bits per heavy atom. The molecule has 4 nitrogen and oxygen atoms in total. The molecule has 0 saturated carbocycles. The van der Waals surface area contributed by atoms with E-state index in [-0.39, 0.29) is 29.1 Å². The van der Waals surface area contributed by atoms with Gasteiger partial charge in [-0.3, -0.25) is 0 Å². The molecule has 0 N–H and O–H groups in total. The Morgan fingerprint density at radius 2 is 1.79 bits per heavy atom. The Morgan fingerprint density at radius 3 is 2.21 bits per heavy atom. The molecule has 0 radical (unpaired) electrons. The van der Waals surface area contributed by atoms with Crippen LogP contribution < -0.4 is 0 Å². The van der Waals surface area contributed by atoms with E-state index in [1.165, 1.54) is 12.7 Å². The molecule has 164 valence electrons. The fourth-order valence-corrected chi connectivity index (χ4v) is 4.30. The fraction of sp³-hybridized carbons (Fsp3) is 0.773. The number of esters is 1. The van der Waals surface area contributed by atoms with E-state index >= 15 is 0 Å². The summed E-state index contributed by atoms with van der Waals surface area (Å²) < 4.78 is 17.8. The molecule has 0 rings (SSSR count). The number of allylic oxidation sites excluding steroid dienone is 1. The lowest BCUT2D eigenvalue weighted by molar-refractivity contribution is -0.136. The molecule has 0 aromatic rings. The predicted molar refractivity (Wildman–Crippen MR) is 124 cm³/mol. The van der Waals surface area contributed by atoms with Crippen molar-refractivity contribution in [1.82, 2.24) is 0 Å². The Bertz CT molecular complexity index is 549. The first kappa shape index (κ1) is 27.4. The van der Waals surface area contributed by atoms with Crippen LogP contribution in [-0.2, 0) is 18.7 Å². The van der Waals surface area contributed by atoms with Gasteiger partial charge in [0.2, 0.25) is 0 Å². The quantitative estimate of drug-likeness (QED) is 0.128. The maximum absolute atomic E-state index is 11.7. The molecule has 0 saturated heterocycles. The smallest absolute Gasteiger partial charge is 0.333 e. The molecule has 0 unspecified atom stereocenters. The van der Waals surface area contributed by atoms with Gasteiger partial charge in [0.25, 0.3) is 0 Å². The van der Waals surface area contributed by atoms with Crippen molar-refractivity contribution in [1.29, 1.82) is 0 Å². The largest absolute Gasteiger partial charge is 0.466 e. The summed E-state index contributed by atoms with van der Waals surface area (Å²) in [5.41, 5.74) is 1.83. The van der Waals surface area contributed by atoms with Crippen LogP contribution in [0.2, 0.25) is 18.1 Å². The molecule has 28 heavy (non-hydrogen) atoms. The normalized spacial score (nSPS) is 17.2. The lowest BCUT2D eigenvalue weighted by Crippen LogP contribution is -2.47. The van der Waals surface area contributed by atoms with E-state index < -0.39 is 8.32 Å². The Hall–Kier alpha value is -0.563. The molecule has 0 aromatic carbocycles. The van der Waals surface area contributed by atoms with Crippen molar-refractivity contribution in [2.45, 2.75) is 85.2 Å². The third-order valence-electron chi connectivity index (χ3n) is 5.76. The van der Waals surface area contributed by atoms with Crippen molar-refractivity contribution in [3.63, 3.8) is 0 Å². The van der Waals surface area contributed by atoms with Crippen LogP contribution in [-0.4, -0.2) is 45.8 Å². The zero-order chi connectivity index (χ0) is 22.1. The van der Waals surface area contributed by atoms with Crippen LogP contribution in [0.15, 0.2) is 23.3 Å². The van der Waals surface area contributed by atoms with Crippen molar-refractivity contribution in [3.05, 3.63) is 23.3 Å². The van der Waals surface area contributed by atoms with Gasteiger partial charge < -0.3 is 13.9 Å². The minimum Gasteiger partial charge on any atom is -0.466 e. The zero-order valence-corrected chi connectivity index (χ0v) is 21.7. The van der Waals surface area contributed by atoms with Gasteiger partial charge >= 0.3 is 5.97 Å². The van der Waals surface area contributed by atoms with Crippen LogP contribution in [0.5, 0.6) is 0 Å². The first-order valence-electron chi connectivity index (χ1n) is 9.98. The molecular weight excluding hydrogens is 388 g/mol. The second kappa shape index (κ2) is 12.2. The molecule has 6 heteroatoms. The third-order valence-corrected chi connectivity index (χ3v) is 10.6. The van der Waals surface area contributed by atoms with Gasteiger partial charge in [-0.25, -0.2) is 4.79 Å². The summed E-state index contributed by atoms with van der Waals surface area (Å²) in [6.45, 7) is 19.5. The number of carbonyl (C=O) groups is 1. The van der Waals surface area contributed by atoms with Gasteiger partial charge in [-0.15, -0.1) is 11.8 Å². The van der Waals surface area contributed by atoms with E-state index in [2.05, 4.69) is 60.7 Å². The number of hydrogen-bond donors (Lipinski definition) is 0. The van der Waals surface area contributed by atoms with E-state index in [9.17, 15) is 4.79 Å². The summed E-state index contributed by atoms with van der Waals surface area (Å²) in [6.07, 6.45) is 6.67. The fourth-order valence-electron chi connectivity index (χ4n) is 2.60. The minimum absolute atomic E-state index is 0.00965. The van der Waals surface area contributed by atoms with Crippen LogP contribution >= 0.6 is 11.8 Å². The second-order valence-electron chi connectivity index (χ2n) is 8.92. The predicted octanol–water partition coefficient (Wildman–Crippen LogP) is 6.19. The summed E-state index contributed by atoms with van der Waals surface area (Å²) in [4.78, 5) is 11.7. The molecule has 0 aliphatic carbocycles. The van der Waals surface area contributed by atoms with E-state index in [0.29, 0.717) is 17.9 Å². The van der Waals surface area contributed by atoms with Crippen LogP contribution in [0, 0.1) is 5.92 Å². The number of hydrogen-bond acceptors (Lipinski definition) is 5. The number of carbonyl (C=O) groups excluding carboxylic acids is 1. The lowest BCUT2D eigenvalue weighted by Gasteiger charge is -2.42. The highest BCUT2D eigenvalue weighted by Gasteiger charge is 2.41. The molecule has 0 heterocycles. The average molecular weight is 431 g/mol.